The van der Waals surface area contributed by atoms with E-state index in [9.17, 15) is 9.59 Å². The van der Waals surface area contributed by atoms with Crippen LogP contribution < -0.4 is 22.1 Å². The van der Waals surface area contributed by atoms with Gasteiger partial charge in [0.2, 0.25) is 0 Å². The van der Waals surface area contributed by atoms with Crippen LogP contribution in [-0.4, -0.2) is 16.1 Å². The number of nitrogens with zero attached hydrogens (tertiary/aromatic N) is 1. The van der Waals surface area contributed by atoms with E-state index in [-0.39, 0.29) is 17.3 Å². The molecule has 0 bridgehead atoms. The number of hydrogen-bond acceptors (Lipinski definition) is 4. The van der Waals surface area contributed by atoms with Crippen molar-refractivity contribution in [2.75, 3.05) is 6.54 Å². The number of benzene rings is 1. The average molecular weight is 288 g/mol. The molecule has 0 amide bonds. The molecule has 1 heterocycles. The van der Waals surface area contributed by atoms with Gasteiger partial charge in [-0.3, -0.25) is 20.6 Å². The predicted molar refractivity (Wildman–Crippen MR) is 81.9 cm³/mol. The molecule has 2 rings (SSSR count). The molecule has 0 aliphatic rings. The van der Waals surface area contributed by atoms with Crippen molar-refractivity contribution in [3.05, 3.63) is 69.0 Å². The summed E-state index contributed by atoms with van der Waals surface area (Å²) >= 11 is 0. The van der Waals surface area contributed by atoms with Crippen LogP contribution in [0, 0.1) is 0 Å². The van der Waals surface area contributed by atoms with E-state index in [2.05, 4.69) is 34.9 Å². The normalized spacial score (nSPS) is 12.2. The second-order valence-corrected chi connectivity index (χ2v) is 4.86. The molecule has 0 saturated heterocycles. The first kappa shape index (κ1) is 15.2. The molecule has 0 aliphatic heterocycles. The zero-order chi connectivity index (χ0) is 15.1. The number of H-pyrrole nitrogens is 1. The summed E-state index contributed by atoms with van der Waals surface area (Å²) in [6.07, 6.45) is 2.29. The van der Waals surface area contributed by atoms with Crippen molar-refractivity contribution in [3.8, 4) is 0 Å². The van der Waals surface area contributed by atoms with Crippen molar-refractivity contribution in [2.45, 2.75) is 25.9 Å². The van der Waals surface area contributed by atoms with Crippen molar-refractivity contribution < 1.29 is 0 Å². The van der Waals surface area contributed by atoms with Crippen LogP contribution in [0.15, 0.2) is 52.2 Å². The monoisotopic (exact) mass is 288 g/mol. The molecule has 1 aromatic carbocycles. The zero-order valence-corrected chi connectivity index (χ0v) is 12.0. The summed E-state index contributed by atoms with van der Waals surface area (Å²) in [5.74, 6) is 0. The molecular weight excluding hydrogens is 268 g/mol. The molecule has 0 fully saturated rings. The third-order valence-corrected chi connectivity index (χ3v) is 3.22. The Labute approximate surface area is 122 Å². The van der Waals surface area contributed by atoms with Gasteiger partial charge in [0, 0.05) is 31.4 Å². The van der Waals surface area contributed by atoms with Gasteiger partial charge in [0.05, 0.1) is 0 Å². The Morgan fingerprint density at radius 1 is 1.19 bits per heavy atom. The van der Waals surface area contributed by atoms with E-state index in [1.165, 1.54) is 22.4 Å². The van der Waals surface area contributed by atoms with Crippen LogP contribution in [-0.2, 0) is 6.54 Å². The summed E-state index contributed by atoms with van der Waals surface area (Å²) in [7, 11) is 0. The van der Waals surface area contributed by atoms with Gasteiger partial charge < -0.3 is 4.57 Å². The van der Waals surface area contributed by atoms with Gasteiger partial charge in [0.15, 0.2) is 0 Å². The van der Waals surface area contributed by atoms with Crippen molar-refractivity contribution in [1.29, 1.82) is 0 Å². The first-order valence-corrected chi connectivity index (χ1v) is 7.00. The van der Waals surface area contributed by atoms with Gasteiger partial charge in [-0.2, -0.15) is 0 Å². The first-order valence-electron chi connectivity index (χ1n) is 7.00. The Bertz CT molecular complexity index is 663. The number of hydrogen-bond donors (Lipinski definition) is 3. The smallest absolute Gasteiger partial charge is 0.301 e. The van der Waals surface area contributed by atoms with E-state index >= 15 is 0 Å². The topological polar surface area (TPSA) is 78.9 Å². The summed E-state index contributed by atoms with van der Waals surface area (Å²) in [5.41, 5.74) is 6.84. The van der Waals surface area contributed by atoms with E-state index in [1.807, 2.05) is 18.2 Å². The molecule has 1 aromatic heterocycles. The van der Waals surface area contributed by atoms with Crippen LogP contribution in [0.1, 0.15) is 24.9 Å². The molecule has 0 unspecified atom stereocenters. The Kier molecular flexibility index (Phi) is 5.48. The average Bonchev–Trinajstić information content (AvgIpc) is 2.49. The van der Waals surface area contributed by atoms with Crippen molar-refractivity contribution in [3.63, 3.8) is 0 Å². The third-order valence-electron chi connectivity index (χ3n) is 3.22. The number of nitrogens with one attached hydrogen (secondary N) is 3. The predicted octanol–water partition coefficient (Wildman–Crippen LogP) is 0.782. The summed E-state index contributed by atoms with van der Waals surface area (Å²) in [6.45, 7) is 3.36. The van der Waals surface area contributed by atoms with Gasteiger partial charge >= 0.3 is 5.69 Å². The second kappa shape index (κ2) is 7.56. The lowest BCUT2D eigenvalue weighted by Crippen LogP contribution is -2.36. The maximum absolute atomic E-state index is 11.5. The molecule has 0 aliphatic carbocycles. The first-order chi connectivity index (χ1) is 10.2. The highest BCUT2D eigenvalue weighted by atomic mass is 16.2. The summed E-state index contributed by atoms with van der Waals surface area (Å²) in [4.78, 5) is 24.6. The van der Waals surface area contributed by atoms with Gasteiger partial charge in [0.1, 0.15) is 0 Å². The molecule has 2 aromatic rings. The van der Waals surface area contributed by atoms with Gasteiger partial charge in [-0.05, 0) is 18.9 Å². The van der Waals surface area contributed by atoms with Crippen molar-refractivity contribution in [1.82, 2.24) is 20.4 Å². The maximum atomic E-state index is 11.5. The molecule has 112 valence electrons. The minimum atomic E-state index is -0.368. The molecule has 0 spiro atoms. The van der Waals surface area contributed by atoms with Crippen molar-refractivity contribution in [2.24, 2.45) is 0 Å². The highest BCUT2D eigenvalue weighted by Gasteiger charge is 2.02. The van der Waals surface area contributed by atoms with Gasteiger partial charge in [-0.25, -0.2) is 4.79 Å². The minimum absolute atomic E-state index is 0.210. The van der Waals surface area contributed by atoms with Crippen LogP contribution in [0.25, 0.3) is 0 Å². The fourth-order valence-electron chi connectivity index (χ4n) is 2.01. The van der Waals surface area contributed by atoms with Crippen LogP contribution in [0.2, 0.25) is 0 Å². The standard InChI is InChI=1S/C15H20N4O2/c1-12(13-6-3-2-4-7-13)18-16-9-5-10-19-11-8-14(20)17-15(19)21/h2-4,6-8,11-12,16,18H,5,9-10H2,1H3,(H,17,20,21)/t12-/m0/s1. The molecule has 6 nitrogen and oxygen atoms in total. The van der Waals surface area contributed by atoms with Crippen LogP contribution >= 0.6 is 0 Å². The zero-order valence-electron chi connectivity index (χ0n) is 12.0. The third kappa shape index (κ3) is 4.70. The number of aromatic nitrogens is 2. The molecular formula is C15H20N4O2. The van der Waals surface area contributed by atoms with E-state index in [4.69, 9.17) is 0 Å². The van der Waals surface area contributed by atoms with E-state index in [0.717, 1.165) is 13.0 Å². The lowest BCUT2D eigenvalue weighted by atomic mass is 10.1. The van der Waals surface area contributed by atoms with E-state index in [1.54, 1.807) is 0 Å². The fourth-order valence-corrected chi connectivity index (χ4v) is 2.01. The van der Waals surface area contributed by atoms with Gasteiger partial charge in [-0.1, -0.05) is 30.3 Å². The molecule has 3 N–H and O–H groups in total. The molecule has 1 atom stereocenters. The van der Waals surface area contributed by atoms with E-state index < -0.39 is 0 Å². The highest BCUT2D eigenvalue weighted by molar-refractivity contribution is 5.17. The molecule has 0 saturated carbocycles. The number of aryl methyl sites for hydroxylation is 1. The Morgan fingerprint density at radius 2 is 1.95 bits per heavy atom. The Morgan fingerprint density at radius 3 is 2.67 bits per heavy atom. The Hall–Kier alpha value is -2.18. The van der Waals surface area contributed by atoms with Gasteiger partial charge in [-0.15, -0.1) is 0 Å². The van der Waals surface area contributed by atoms with Gasteiger partial charge in [0.25, 0.3) is 5.56 Å². The van der Waals surface area contributed by atoms with Crippen molar-refractivity contribution >= 4 is 0 Å². The SMILES string of the molecule is C[C@H](NNCCCn1ccc(=O)[nH]c1=O)c1ccccc1. The maximum Gasteiger partial charge on any atom is 0.328 e. The lowest BCUT2D eigenvalue weighted by Gasteiger charge is -2.15. The summed E-state index contributed by atoms with van der Waals surface area (Å²) < 4.78 is 1.49. The molecule has 0 radical (unpaired) electrons. The molecule has 6 heteroatoms. The summed E-state index contributed by atoms with van der Waals surface area (Å²) in [6, 6.07) is 11.7. The number of aromatic amines is 1. The number of hydrazine groups is 1. The highest BCUT2D eigenvalue weighted by Crippen LogP contribution is 2.09. The lowest BCUT2D eigenvalue weighted by molar-refractivity contribution is 0.442. The Balaban J connectivity index is 1.71. The quantitative estimate of drug-likeness (QED) is 0.520. The number of rotatable bonds is 7. The van der Waals surface area contributed by atoms with Crippen LogP contribution in [0.5, 0.6) is 0 Å². The van der Waals surface area contributed by atoms with Crippen LogP contribution in [0.3, 0.4) is 0 Å². The molecule has 21 heavy (non-hydrogen) atoms. The minimum Gasteiger partial charge on any atom is -0.301 e. The van der Waals surface area contributed by atoms with E-state index in [0.29, 0.717) is 6.54 Å². The van der Waals surface area contributed by atoms with Crippen LogP contribution in [0.4, 0.5) is 0 Å². The summed E-state index contributed by atoms with van der Waals surface area (Å²) in [5, 5.41) is 0. The fraction of sp³-hybridized carbons (Fsp3) is 0.333. The largest absolute Gasteiger partial charge is 0.328 e. The second-order valence-electron chi connectivity index (χ2n) is 4.86.